The summed E-state index contributed by atoms with van der Waals surface area (Å²) in [5.74, 6) is 0.931. The van der Waals surface area contributed by atoms with Crippen LogP contribution in [0.15, 0.2) is 0 Å². The molecule has 2 rings (SSSR count). The van der Waals surface area contributed by atoms with E-state index >= 15 is 0 Å². The molecular weight excluding hydrogens is 196 g/mol. The largest absolute Gasteiger partial charge is 0.314 e. The molecule has 1 atom stereocenters. The molecule has 0 radical (unpaired) electrons. The normalized spacial score (nSPS) is 37.5. The summed E-state index contributed by atoms with van der Waals surface area (Å²) in [6, 6.07) is 1.71. The minimum atomic E-state index is 0.809. The van der Waals surface area contributed by atoms with Gasteiger partial charge in [-0.3, -0.25) is 0 Å². The summed E-state index contributed by atoms with van der Waals surface area (Å²) >= 11 is 0. The highest BCUT2D eigenvalue weighted by Crippen LogP contribution is 2.27. The van der Waals surface area contributed by atoms with E-state index in [9.17, 15) is 0 Å². The quantitative estimate of drug-likeness (QED) is 0.793. The molecule has 2 aliphatic rings. The van der Waals surface area contributed by atoms with Gasteiger partial charge in [0.1, 0.15) is 0 Å². The third-order valence-electron chi connectivity index (χ3n) is 4.39. The smallest absolute Gasteiger partial charge is 0.00965 e. The Kier molecular flexibility index (Phi) is 4.66. The zero-order chi connectivity index (χ0) is 11.4. The first-order valence-electron chi connectivity index (χ1n) is 7.27. The van der Waals surface area contributed by atoms with Crippen LogP contribution in [-0.4, -0.2) is 36.6 Å². The summed E-state index contributed by atoms with van der Waals surface area (Å²) in [7, 11) is 0. The number of nitrogens with one attached hydrogen (secondary N) is 1. The molecule has 0 aromatic carbocycles. The van der Waals surface area contributed by atoms with Gasteiger partial charge in [-0.05, 0) is 57.5 Å². The molecule has 2 heteroatoms. The lowest BCUT2D eigenvalue weighted by molar-refractivity contribution is 0.0968. The van der Waals surface area contributed by atoms with E-state index in [-0.39, 0.29) is 0 Å². The van der Waals surface area contributed by atoms with Crippen LogP contribution in [0.25, 0.3) is 0 Å². The van der Waals surface area contributed by atoms with Crippen molar-refractivity contribution in [3.63, 3.8) is 0 Å². The molecule has 1 aliphatic heterocycles. The van der Waals surface area contributed by atoms with Gasteiger partial charge in [0.15, 0.2) is 0 Å². The molecule has 0 aromatic heterocycles. The fourth-order valence-electron chi connectivity index (χ4n) is 3.49. The van der Waals surface area contributed by atoms with Gasteiger partial charge >= 0.3 is 0 Å². The Labute approximate surface area is 101 Å². The van der Waals surface area contributed by atoms with E-state index in [0.29, 0.717) is 0 Å². The Bertz CT molecular complexity index is 197. The molecule has 1 saturated carbocycles. The fourth-order valence-corrected chi connectivity index (χ4v) is 3.49. The van der Waals surface area contributed by atoms with Crippen molar-refractivity contribution >= 4 is 0 Å². The molecule has 2 nitrogen and oxygen atoms in total. The lowest BCUT2D eigenvalue weighted by atomic mass is 9.88. The van der Waals surface area contributed by atoms with Crippen LogP contribution in [0.5, 0.6) is 0 Å². The van der Waals surface area contributed by atoms with Crippen LogP contribution in [0, 0.1) is 5.92 Å². The van der Waals surface area contributed by atoms with Crippen molar-refractivity contribution in [3.8, 4) is 0 Å². The number of nitrogens with zero attached hydrogens (tertiary/aromatic N) is 1. The van der Waals surface area contributed by atoms with Crippen LogP contribution in [0.4, 0.5) is 0 Å². The average molecular weight is 224 g/mol. The van der Waals surface area contributed by atoms with Crippen LogP contribution in [-0.2, 0) is 0 Å². The van der Waals surface area contributed by atoms with Gasteiger partial charge in [0, 0.05) is 18.6 Å². The van der Waals surface area contributed by atoms with Crippen molar-refractivity contribution in [2.45, 2.75) is 64.5 Å². The van der Waals surface area contributed by atoms with Crippen LogP contribution >= 0.6 is 0 Å². The van der Waals surface area contributed by atoms with E-state index in [1.54, 1.807) is 0 Å². The highest BCUT2D eigenvalue weighted by Gasteiger charge is 2.27. The lowest BCUT2D eigenvalue weighted by Gasteiger charge is -2.40. The maximum absolute atomic E-state index is 3.60. The Balaban J connectivity index is 1.75. The zero-order valence-electron chi connectivity index (χ0n) is 11.0. The summed E-state index contributed by atoms with van der Waals surface area (Å²) in [4.78, 5) is 2.77. The first kappa shape index (κ1) is 12.4. The molecule has 1 heterocycles. The molecular formula is C14H28N2. The van der Waals surface area contributed by atoms with Crippen molar-refractivity contribution in [2.75, 3.05) is 19.6 Å². The summed E-state index contributed by atoms with van der Waals surface area (Å²) in [6.45, 7) is 8.49. The second kappa shape index (κ2) is 6.02. The Morgan fingerprint density at radius 2 is 1.88 bits per heavy atom. The first-order chi connectivity index (χ1) is 7.79. The number of likely N-dealkylation sites (tertiary alicyclic amines) is 1. The van der Waals surface area contributed by atoms with E-state index in [2.05, 4.69) is 24.1 Å². The predicted molar refractivity (Wildman–Crippen MR) is 69.7 cm³/mol. The van der Waals surface area contributed by atoms with Crippen molar-refractivity contribution in [3.05, 3.63) is 0 Å². The van der Waals surface area contributed by atoms with Gasteiger partial charge in [-0.1, -0.05) is 13.8 Å². The van der Waals surface area contributed by atoms with Crippen molar-refractivity contribution in [1.82, 2.24) is 10.2 Å². The molecule has 1 N–H and O–H groups in total. The van der Waals surface area contributed by atoms with Gasteiger partial charge in [0.2, 0.25) is 0 Å². The van der Waals surface area contributed by atoms with Gasteiger partial charge in [0.05, 0.1) is 0 Å². The van der Waals surface area contributed by atoms with Crippen LogP contribution in [0.1, 0.15) is 52.4 Å². The molecule has 0 aromatic rings. The highest BCUT2D eigenvalue weighted by molar-refractivity contribution is 4.84. The van der Waals surface area contributed by atoms with E-state index in [1.165, 1.54) is 51.6 Å². The zero-order valence-corrected chi connectivity index (χ0v) is 11.0. The lowest BCUT2D eigenvalue weighted by Crippen LogP contribution is -2.46. The number of hydrogen-bond acceptors (Lipinski definition) is 2. The molecule has 1 saturated heterocycles. The maximum Gasteiger partial charge on any atom is 0.00965 e. The molecule has 2 fully saturated rings. The van der Waals surface area contributed by atoms with Crippen LogP contribution in [0.2, 0.25) is 0 Å². The average Bonchev–Trinajstić information content (AvgIpc) is 2.30. The van der Waals surface area contributed by atoms with Crippen molar-refractivity contribution < 1.29 is 0 Å². The molecule has 1 unspecified atom stereocenters. The molecule has 0 bridgehead atoms. The molecule has 0 spiro atoms. The van der Waals surface area contributed by atoms with Gasteiger partial charge < -0.3 is 10.2 Å². The number of rotatable bonds is 3. The molecule has 0 amide bonds. The minimum Gasteiger partial charge on any atom is -0.314 e. The van der Waals surface area contributed by atoms with Gasteiger partial charge in [0.25, 0.3) is 0 Å². The Morgan fingerprint density at radius 1 is 1.12 bits per heavy atom. The standard InChI is InChI=1S/C14H28N2/c1-3-15-13-6-8-14(9-7-13)16-10-4-5-12(2)11-16/h12-15H,3-11H2,1-2H3. The summed E-state index contributed by atoms with van der Waals surface area (Å²) < 4.78 is 0. The van der Waals surface area contributed by atoms with Gasteiger partial charge in [-0.25, -0.2) is 0 Å². The second-order valence-electron chi connectivity index (χ2n) is 5.81. The number of piperidine rings is 1. The minimum absolute atomic E-state index is 0.809. The monoisotopic (exact) mass is 224 g/mol. The first-order valence-corrected chi connectivity index (χ1v) is 7.27. The van der Waals surface area contributed by atoms with Gasteiger partial charge in [-0.2, -0.15) is 0 Å². The van der Waals surface area contributed by atoms with Crippen LogP contribution in [0.3, 0.4) is 0 Å². The van der Waals surface area contributed by atoms with E-state index in [0.717, 1.165) is 24.5 Å². The molecule has 16 heavy (non-hydrogen) atoms. The van der Waals surface area contributed by atoms with Gasteiger partial charge in [-0.15, -0.1) is 0 Å². The maximum atomic E-state index is 3.60. The third kappa shape index (κ3) is 3.21. The Hall–Kier alpha value is -0.0800. The summed E-state index contributed by atoms with van der Waals surface area (Å²) in [5.41, 5.74) is 0. The molecule has 1 aliphatic carbocycles. The highest BCUT2D eigenvalue weighted by atomic mass is 15.2. The fraction of sp³-hybridized carbons (Fsp3) is 1.00. The van der Waals surface area contributed by atoms with Crippen molar-refractivity contribution in [1.29, 1.82) is 0 Å². The van der Waals surface area contributed by atoms with Crippen molar-refractivity contribution in [2.24, 2.45) is 5.92 Å². The van der Waals surface area contributed by atoms with E-state index in [4.69, 9.17) is 0 Å². The number of hydrogen-bond donors (Lipinski definition) is 1. The molecule has 94 valence electrons. The third-order valence-corrected chi connectivity index (χ3v) is 4.39. The SMILES string of the molecule is CCNC1CCC(N2CCCC(C)C2)CC1. The summed E-state index contributed by atoms with van der Waals surface area (Å²) in [5, 5.41) is 3.60. The Morgan fingerprint density at radius 3 is 2.50 bits per heavy atom. The van der Waals surface area contributed by atoms with Crippen LogP contribution < -0.4 is 5.32 Å². The summed E-state index contributed by atoms with van der Waals surface area (Å²) in [6.07, 6.45) is 8.50. The second-order valence-corrected chi connectivity index (χ2v) is 5.81. The van der Waals surface area contributed by atoms with E-state index in [1.807, 2.05) is 0 Å². The predicted octanol–water partition coefficient (Wildman–Crippen LogP) is 2.64. The topological polar surface area (TPSA) is 15.3 Å². The van der Waals surface area contributed by atoms with E-state index < -0.39 is 0 Å².